The van der Waals surface area contributed by atoms with Crippen LogP contribution in [0.4, 0.5) is 0 Å². The fraction of sp³-hybridized carbons (Fsp3) is 0.905. The largest absolute Gasteiger partial charge is 0.472 e. The minimum Gasteiger partial charge on any atom is -0.462 e. The van der Waals surface area contributed by atoms with Crippen LogP contribution in [0.25, 0.3) is 0 Å². The van der Waals surface area contributed by atoms with E-state index in [4.69, 9.17) is 37.0 Å². The molecule has 3 N–H and O–H groups in total. The summed E-state index contributed by atoms with van der Waals surface area (Å²) in [5, 5.41) is 10.6. The number of rotatable bonds is 82. The van der Waals surface area contributed by atoms with Crippen molar-refractivity contribution in [3.05, 3.63) is 24.3 Å². The molecule has 103 heavy (non-hydrogen) atoms. The quantitative estimate of drug-likeness (QED) is 0.0169. The highest BCUT2D eigenvalue weighted by atomic mass is 31.2. The fourth-order valence-electron chi connectivity index (χ4n) is 12.6. The number of aliphatic hydroxyl groups excluding tert-OH is 1. The summed E-state index contributed by atoms with van der Waals surface area (Å²) in [5.74, 6) is -1.33. The summed E-state index contributed by atoms with van der Waals surface area (Å²) < 4.78 is 68.7. The lowest BCUT2D eigenvalue weighted by molar-refractivity contribution is -0.161. The average molecular weight is 1500 g/mol. The Morgan fingerprint density at radius 3 is 0.796 bits per heavy atom. The molecule has 17 nitrogen and oxygen atoms in total. The van der Waals surface area contributed by atoms with E-state index in [1.54, 1.807) is 0 Å². The molecule has 0 aliphatic heterocycles. The van der Waals surface area contributed by atoms with E-state index in [-0.39, 0.29) is 25.7 Å². The second-order valence-electron chi connectivity index (χ2n) is 30.0. The molecule has 5 atom stereocenters. The SMILES string of the molecule is CCCCCC/C=C\C=C/CCCCCCCC(=O)O[C@H](COC(=O)CCCCCCCCCC)COP(=O)(O)OC[C@H](O)COP(=O)(O)OC[C@@H](COC(=O)CCCCCCCCCCCCCCCCCCC(C)C)OC(=O)CCCCCCCCCCCCCCCCCCCCCCC. The number of allylic oxidation sites excluding steroid dienone is 4. The normalized spacial score (nSPS) is 14.0. The molecule has 0 aromatic carbocycles. The minimum absolute atomic E-state index is 0.0853. The lowest BCUT2D eigenvalue weighted by Gasteiger charge is -2.21. The van der Waals surface area contributed by atoms with Crippen LogP contribution in [0.5, 0.6) is 0 Å². The number of aliphatic hydroxyl groups is 1. The first-order valence-corrected chi connectivity index (χ1v) is 45.9. The van der Waals surface area contributed by atoms with Crippen molar-refractivity contribution in [1.29, 1.82) is 0 Å². The van der Waals surface area contributed by atoms with Gasteiger partial charge < -0.3 is 33.8 Å². The van der Waals surface area contributed by atoms with Crippen LogP contribution < -0.4 is 0 Å². The van der Waals surface area contributed by atoms with Crippen LogP contribution in [0.3, 0.4) is 0 Å². The van der Waals surface area contributed by atoms with Crippen molar-refractivity contribution in [3.8, 4) is 0 Å². The third kappa shape index (κ3) is 77.5. The molecule has 0 amide bonds. The van der Waals surface area contributed by atoms with Gasteiger partial charge in [-0.05, 0) is 57.3 Å². The first-order chi connectivity index (χ1) is 50.0. The maximum absolute atomic E-state index is 13.1. The summed E-state index contributed by atoms with van der Waals surface area (Å²) >= 11 is 0. The van der Waals surface area contributed by atoms with Gasteiger partial charge in [0.15, 0.2) is 12.2 Å². The Kier molecular flexibility index (Phi) is 74.5. The van der Waals surface area contributed by atoms with Crippen molar-refractivity contribution in [2.24, 2.45) is 5.92 Å². The summed E-state index contributed by atoms with van der Waals surface area (Å²) in [6.45, 7) is 7.28. The molecule has 0 rings (SSSR count). The molecule has 0 aromatic heterocycles. The number of esters is 4. The Bertz CT molecular complexity index is 2060. The summed E-state index contributed by atoms with van der Waals surface area (Å²) in [6, 6.07) is 0. The van der Waals surface area contributed by atoms with Crippen LogP contribution in [0.2, 0.25) is 0 Å². The standard InChI is InChI=1S/C84H160O17P2/c1-6-9-12-15-18-21-23-25-27-28-29-30-31-32-38-42-46-50-55-60-65-70-84(89)101-80(74-95-82(87)68-63-58-53-48-44-40-37-34-33-36-39-43-47-51-56-61-66-77(4)5)76-99-103(92,93)97-72-78(85)71-96-102(90,91)98-75-79(73-94-81(86)67-62-57-52-20-17-14-11-8-3)100-83(88)69-64-59-54-49-45-41-35-26-24-22-19-16-13-10-7-2/h22,24,26,35,77-80,85H,6-21,23,25,27-34,36-76H2,1-5H3,(H,90,91)(H,92,93)/b24-22-,35-26-/t78-,79+,80+/m0/s1. The van der Waals surface area contributed by atoms with Gasteiger partial charge in [0.1, 0.15) is 19.3 Å². The van der Waals surface area contributed by atoms with Gasteiger partial charge >= 0.3 is 39.5 Å². The molecule has 0 saturated heterocycles. The maximum Gasteiger partial charge on any atom is 0.472 e. The van der Waals surface area contributed by atoms with Crippen LogP contribution >= 0.6 is 15.6 Å². The molecule has 608 valence electrons. The first kappa shape index (κ1) is 101. The summed E-state index contributed by atoms with van der Waals surface area (Å²) in [6.07, 6.45) is 71.8. The third-order valence-electron chi connectivity index (χ3n) is 19.2. The van der Waals surface area contributed by atoms with Crippen molar-refractivity contribution in [1.82, 2.24) is 0 Å². The molecule has 0 fully saturated rings. The van der Waals surface area contributed by atoms with Gasteiger partial charge in [0.05, 0.1) is 26.4 Å². The zero-order valence-electron chi connectivity index (χ0n) is 66.9. The van der Waals surface area contributed by atoms with Gasteiger partial charge in [-0.25, -0.2) is 9.13 Å². The second kappa shape index (κ2) is 76.3. The van der Waals surface area contributed by atoms with Crippen LogP contribution in [-0.2, 0) is 65.4 Å². The van der Waals surface area contributed by atoms with Gasteiger partial charge in [-0.1, -0.05) is 374 Å². The lowest BCUT2D eigenvalue weighted by Crippen LogP contribution is -2.30. The highest BCUT2D eigenvalue weighted by Gasteiger charge is 2.30. The number of hydrogen-bond donors (Lipinski definition) is 3. The highest BCUT2D eigenvalue weighted by Crippen LogP contribution is 2.45. The molecule has 19 heteroatoms. The van der Waals surface area contributed by atoms with Crippen LogP contribution in [0, 0.1) is 5.92 Å². The fourth-order valence-corrected chi connectivity index (χ4v) is 14.2. The Morgan fingerprint density at radius 1 is 0.301 bits per heavy atom. The molecule has 0 aromatic rings. The van der Waals surface area contributed by atoms with Gasteiger partial charge in [-0.2, -0.15) is 0 Å². The van der Waals surface area contributed by atoms with Gasteiger partial charge in [-0.15, -0.1) is 0 Å². The monoisotopic (exact) mass is 1500 g/mol. The highest BCUT2D eigenvalue weighted by molar-refractivity contribution is 7.47. The average Bonchev–Trinajstić information content (AvgIpc) is 0.928. The van der Waals surface area contributed by atoms with E-state index in [0.717, 1.165) is 115 Å². The van der Waals surface area contributed by atoms with Gasteiger partial charge in [0.25, 0.3) is 0 Å². The predicted octanol–water partition coefficient (Wildman–Crippen LogP) is 25.1. The molecular formula is C84H160O17P2. The molecule has 0 radical (unpaired) electrons. The Hall–Kier alpha value is -2.46. The number of phosphoric acid groups is 2. The number of ether oxygens (including phenoxy) is 4. The Balaban J connectivity index is 5.21. The topological polar surface area (TPSA) is 237 Å². The number of phosphoric ester groups is 2. The van der Waals surface area contributed by atoms with Gasteiger partial charge in [0, 0.05) is 25.7 Å². The minimum atomic E-state index is -4.97. The summed E-state index contributed by atoms with van der Waals surface area (Å²) in [7, 11) is -9.93. The Labute approximate surface area is 631 Å². The van der Waals surface area contributed by atoms with Crippen LogP contribution in [-0.4, -0.2) is 96.7 Å². The van der Waals surface area contributed by atoms with E-state index >= 15 is 0 Å². The third-order valence-corrected chi connectivity index (χ3v) is 21.1. The summed E-state index contributed by atoms with van der Waals surface area (Å²) in [5.41, 5.74) is 0. The van der Waals surface area contributed by atoms with E-state index in [1.807, 2.05) is 0 Å². The number of carbonyl (C=O) groups is 4. The number of hydrogen-bond acceptors (Lipinski definition) is 15. The van der Waals surface area contributed by atoms with E-state index in [9.17, 15) is 43.2 Å². The lowest BCUT2D eigenvalue weighted by atomic mass is 10.0. The van der Waals surface area contributed by atoms with E-state index in [1.165, 1.54) is 231 Å². The molecule has 0 bridgehead atoms. The smallest absolute Gasteiger partial charge is 0.462 e. The second-order valence-corrected chi connectivity index (χ2v) is 32.9. The van der Waals surface area contributed by atoms with E-state index in [0.29, 0.717) is 25.7 Å². The van der Waals surface area contributed by atoms with Crippen LogP contribution in [0.1, 0.15) is 426 Å². The van der Waals surface area contributed by atoms with E-state index in [2.05, 4.69) is 58.9 Å². The van der Waals surface area contributed by atoms with Crippen molar-refractivity contribution >= 4 is 39.5 Å². The maximum atomic E-state index is 13.1. The van der Waals surface area contributed by atoms with Gasteiger partial charge in [0.2, 0.25) is 0 Å². The molecule has 0 saturated carbocycles. The molecular weight excluding hydrogens is 1340 g/mol. The molecule has 0 spiro atoms. The summed E-state index contributed by atoms with van der Waals surface area (Å²) in [4.78, 5) is 73.0. The molecule has 0 aliphatic rings. The molecule has 2 unspecified atom stereocenters. The number of carbonyl (C=O) groups excluding carboxylic acids is 4. The molecule has 0 heterocycles. The Morgan fingerprint density at radius 2 is 0.524 bits per heavy atom. The molecule has 0 aliphatic carbocycles. The van der Waals surface area contributed by atoms with Crippen molar-refractivity contribution in [2.75, 3.05) is 39.6 Å². The van der Waals surface area contributed by atoms with Gasteiger partial charge in [-0.3, -0.25) is 37.3 Å². The zero-order valence-corrected chi connectivity index (χ0v) is 68.7. The van der Waals surface area contributed by atoms with Crippen molar-refractivity contribution < 1.29 is 80.2 Å². The van der Waals surface area contributed by atoms with Crippen molar-refractivity contribution in [3.63, 3.8) is 0 Å². The first-order valence-electron chi connectivity index (χ1n) is 43.0. The zero-order chi connectivity index (χ0) is 75.5. The number of unbranched alkanes of at least 4 members (excludes halogenated alkanes) is 51. The van der Waals surface area contributed by atoms with E-state index < -0.39 is 97.5 Å². The predicted molar refractivity (Wildman–Crippen MR) is 423 cm³/mol. The van der Waals surface area contributed by atoms with Crippen LogP contribution in [0.15, 0.2) is 24.3 Å². The van der Waals surface area contributed by atoms with Crippen molar-refractivity contribution in [2.45, 2.75) is 445 Å².